The third-order valence-electron chi connectivity index (χ3n) is 1.62. The second-order valence-electron chi connectivity index (χ2n) is 2.85. The van der Waals surface area contributed by atoms with E-state index in [9.17, 15) is 22.8 Å². The van der Waals surface area contributed by atoms with Gasteiger partial charge in [0.15, 0.2) is 0 Å². The highest BCUT2D eigenvalue weighted by molar-refractivity contribution is 8.00. The summed E-state index contributed by atoms with van der Waals surface area (Å²) < 4.78 is 38.5. The summed E-state index contributed by atoms with van der Waals surface area (Å²) in [7, 11) is 0. The Morgan fingerprint density at radius 3 is 2.40 bits per heavy atom. The number of halogens is 3. The van der Waals surface area contributed by atoms with E-state index in [1.54, 1.807) is 0 Å². The van der Waals surface area contributed by atoms with Crippen LogP contribution in [0.1, 0.15) is 0 Å². The Bertz CT molecular complexity index is 265. The molecule has 1 saturated heterocycles. The first-order valence-corrected chi connectivity index (χ1v) is 5.08. The highest BCUT2D eigenvalue weighted by atomic mass is 32.2. The molecule has 0 spiro atoms. The lowest BCUT2D eigenvalue weighted by molar-refractivity contribution is -0.201. The smallest absolute Gasteiger partial charge is 0.386 e. The maximum Gasteiger partial charge on any atom is 0.491 e. The molecule has 0 unspecified atom stereocenters. The van der Waals surface area contributed by atoms with Crippen molar-refractivity contribution in [2.24, 2.45) is 0 Å². The van der Waals surface area contributed by atoms with Gasteiger partial charge in [0.25, 0.3) is 0 Å². The first-order valence-electron chi connectivity index (χ1n) is 4.03. The van der Waals surface area contributed by atoms with Gasteiger partial charge in [0, 0.05) is 18.3 Å². The van der Waals surface area contributed by atoms with E-state index >= 15 is 0 Å². The van der Waals surface area contributed by atoms with Crippen LogP contribution in [0.15, 0.2) is 0 Å². The SMILES string of the molecule is O=C(CSC1CNC1)OC(=O)C(F)(F)F. The van der Waals surface area contributed by atoms with E-state index < -0.39 is 18.1 Å². The molecule has 1 N–H and O–H groups in total. The maximum atomic E-state index is 11.6. The van der Waals surface area contributed by atoms with Crippen molar-refractivity contribution in [3.8, 4) is 0 Å². The molecule has 0 bridgehead atoms. The number of carbonyl (C=O) groups excluding carboxylic acids is 2. The van der Waals surface area contributed by atoms with E-state index in [1.165, 1.54) is 11.8 Å². The molecule has 0 atom stereocenters. The summed E-state index contributed by atoms with van der Waals surface area (Å²) in [6.07, 6.45) is -5.11. The molecule has 0 aromatic rings. The van der Waals surface area contributed by atoms with Crippen molar-refractivity contribution in [2.75, 3.05) is 18.8 Å². The molecule has 86 valence electrons. The largest absolute Gasteiger partial charge is 0.491 e. The van der Waals surface area contributed by atoms with Gasteiger partial charge in [-0.3, -0.25) is 4.79 Å². The van der Waals surface area contributed by atoms with Crippen LogP contribution in [0.2, 0.25) is 0 Å². The minimum Gasteiger partial charge on any atom is -0.386 e. The fourth-order valence-corrected chi connectivity index (χ4v) is 1.66. The molecular formula is C7H8F3NO3S. The molecule has 1 fully saturated rings. The second-order valence-corrected chi connectivity index (χ2v) is 4.14. The molecule has 1 aliphatic rings. The third-order valence-corrected chi connectivity index (χ3v) is 2.83. The standard InChI is InChI=1S/C7H8F3NO3S/c8-7(9,10)6(13)14-5(12)3-15-4-1-11-2-4/h4,11H,1-3H2. The Labute approximate surface area is 87.5 Å². The van der Waals surface area contributed by atoms with E-state index in [1.807, 2.05) is 0 Å². The quantitative estimate of drug-likeness (QED) is 0.571. The Morgan fingerprint density at radius 1 is 1.40 bits per heavy atom. The topological polar surface area (TPSA) is 55.4 Å². The lowest BCUT2D eigenvalue weighted by Crippen LogP contribution is -2.45. The van der Waals surface area contributed by atoms with Gasteiger partial charge in [-0.2, -0.15) is 13.2 Å². The molecule has 4 nitrogen and oxygen atoms in total. The van der Waals surface area contributed by atoms with Crippen LogP contribution >= 0.6 is 11.8 Å². The van der Waals surface area contributed by atoms with Gasteiger partial charge in [-0.1, -0.05) is 0 Å². The van der Waals surface area contributed by atoms with Crippen LogP contribution in [-0.4, -0.2) is 42.2 Å². The summed E-state index contributed by atoms with van der Waals surface area (Å²) in [5.41, 5.74) is 0. The molecule has 0 radical (unpaired) electrons. The molecular weight excluding hydrogens is 235 g/mol. The first kappa shape index (κ1) is 12.3. The average Bonchev–Trinajstić information content (AvgIpc) is 1.99. The van der Waals surface area contributed by atoms with E-state index in [0.717, 1.165) is 0 Å². The van der Waals surface area contributed by atoms with Crippen LogP contribution in [0.3, 0.4) is 0 Å². The minimum absolute atomic E-state index is 0.207. The fraction of sp³-hybridized carbons (Fsp3) is 0.714. The molecule has 0 aromatic heterocycles. The van der Waals surface area contributed by atoms with E-state index in [0.29, 0.717) is 13.1 Å². The minimum atomic E-state index is -5.11. The van der Waals surface area contributed by atoms with Gasteiger partial charge in [0.2, 0.25) is 0 Å². The molecule has 8 heteroatoms. The summed E-state index contributed by atoms with van der Waals surface area (Å²) >= 11 is 1.17. The van der Waals surface area contributed by atoms with Crippen LogP contribution in [0.25, 0.3) is 0 Å². The predicted molar refractivity (Wildman–Crippen MR) is 46.3 cm³/mol. The number of hydrogen-bond acceptors (Lipinski definition) is 5. The van der Waals surface area contributed by atoms with Gasteiger partial charge in [0.05, 0.1) is 5.75 Å². The van der Waals surface area contributed by atoms with Crippen LogP contribution in [-0.2, 0) is 14.3 Å². The Balaban J connectivity index is 2.20. The second kappa shape index (κ2) is 4.84. The molecule has 15 heavy (non-hydrogen) atoms. The number of thioether (sulfide) groups is 1. The predicted octanol–water partition coefficient (Wildman–Crippen LogP) is 0.323. The zero-order chi connectivity index (χ0) is 11.5. The molecule has 0 saturated carbocycles. The Morgan fingerprint density at radius 2 is 2.00 bits per heavy atom. The van der Waals surface area contributed by atoms with E-state index in [2.05, 4.69) is 10.1 Å². The molecule has 0 aromatic carbocycles. The van der Waals surface area contributed by atoms with Crippen molar-refractivity contribution in [1.82, 2.24) is 5.32 Å². The number of esters is 2. The van der Waals surface area contributed by atoms with Crippen LogP contribution in [0, 0.1) is 0 Å². The lowest BCUT2D eigenvalue weighted by Gasteiger charge is -2.25. The Hall–Kier alpha value is -0.760. The number of alkyl halides is 3. The molecule has 0 aliphatic carbocycles. The molecule has 1 heterocycles. The summed E-state index contributed by atoms with van der Waals surface area (Å²) in [6, 6.07) is 0. The van der Waals surface area contributed by atoms with Gasteiger partial charge in [-0.15, -0.1) is 11.8 Å². The summed E-state index contributed by atoms with van der Waals surface area (Å²) in [5, 5.41) is 3.14. The van der Waals surface area contributed by atoms with Crippen molar-refractivity contribution >= 4 is 23.7 Å². The van der Waals surface area contributed by atoms with Crippen molar-refractivity contribution in [3.05, 3.63) is 0 Å². The number of ether oxygens (including phenoxy) is 1. The average molecular weight is 243 g/mol. The monoisotopic (exact) mass is 243 g/mol. The van der Waals surface area contributed by atoms with Crippen LogP contribution < -0.4 is 5.32 Å². The van der Waals surface area contributed by atoms with E-state index in [4.69, 9.17) is 0 Å². The van der Waals surface area contributed by atoms with Gasteiger partial charge < -0.3 is 10.1 Å². The van der Waals surface area contributed by atoms with Crippen LogP contribution in [0.4, 0.5) is 13.2 Å². The summed E-state index contributed by atoms with van der Waals surface area (Å²) in [4.78, 5) is 21.0. The number of carbonyl (C=O) groups is 2. The van der Waals surface area contributed by atoms with Crippen molar-refractivity contribution in [3.63, 3.8) is 0 Å². The first-order chi connectivity index (χ1) is 6.89. The highest BCUT2D eigenvalue weighted by Crippen LogP contribution is 2.18. The molecule has 1 rings (SSSR count). The van der Waals surface area contributed by atoms with Gasteiger partial charge in [-0.25, -0.2) is 4.79 Å². The normalized spacial score (nSPS) is 17.0. The Kier molecular flexibility index (Phi) is 3.97. The van der Waals surface area contributed by atoms with Gasteiger partial charge in [0.1, 0.15) is 0 Å². The molecule has 1 aliphatic heterocycles. The third kappa shape index (κ3) is 4.08. The van der Waals surface area contributed by atoms with Gasteiger partial charge >= 0.3 is 18.1 Å². The van der Waals surface area contributed by atoms with Crippen molar-refractivity contribution in [2.45, 2.75) is 11.4 Å². The maximum absolute atomic E-state index is 11.6. The number of rotatable bonds is 3. The number of hydrogen-bond donors (Lipinski definition) is 1. The van der Waals surface area contributed by atoms with E-state index in [-0.39, 0.29) is 11.0 Å². The fourth-order valence-electron chi connectivity index (χ4n) is 0.757. The van der Waals surface area contributed by atoms with Crippen molar-refractivity contribution in [1.29, 1.82) is 0 Å². The summed E-state index contributed by atoms with van der Waals surface area (Å²) in [6.45, 7) is 1.43. The highest BCUT2D eigenvalue weighted by Gasteiger charge is 2.42. The molecule has 0 amide bonds. The van der Waals surface area contributed by atoms with Crippen LogP contribution in [0.5, 0.6) is 0 Å². The zero-order valence-electron chi connectivity index (χ0n) is 7.47. The van der Waals surface area contributed by atoms with Crippen molar-refractivity contribution < 1.29 is 27.5 Å². The van der Waals surface area contributed by atoms with Gasteiger partial charge in [-0.05, 0) is 0 Å². The lowest BCUT2D eigenvalue weighted by atomic mass is 10.3. The number of nitrogens with one attached hydrogen (secondary N) is 1. The summed E-state index contributed by atoms with van der Waals surface area (Å²) in [5.74, 6) is -3.86. The zero-order valence-corrected chi connectivity index (χ0v) is 8.28.